The fourth-order valence-corrected chi connectivity index (χ4v) is 3.86. The molecule has 0 N–H and O–H groups in total. The van der Waals surface area contributed by atoms with Crippen molar-refractivity contribution in [2.24, 2.45) is 0 Å². The van der Waals surface area contributed by atoms with E-state index in [1.165, 1.54) is 0 Å². The summed E-state index contributed by atoms with van der Waals surface area (Å²) < 4.78 is 4.17. The first kappa shape index (κ1) is 18.8. The van der Waals surface area contributed by atoms with Crippen LogP contribution in [0.15, 0.2) is 94.3 Å². The van der Waals surface area contributed by atoms with Gasteiger partial charge in [0.15, 0.2) is 11.5 Å². The van der Waals surface area contributed by atoms with Crippen LogP contribution in [-0.4, -0.2) is 19.3 Å². The minimum absolute atomic E-state index is 0.209. The molecule has 0 bridgehead atoms. The monoisotopic (exact) mass is 476 g/mol. The summed E-state index contributed by atoms with van der Waals surface area (Å²) in [6, 6.07) is 24.5. The maximum atomic E-state index is 13.6. The van der Waals surface area contributed by atoms with Crippen molar-refractivity contribution in [2.75, 3.05) is 0 Å². The molecule has 0 saturated heterocycles. The van der Waals surface area contributed by atoms with Crippen molar-refractivity contribution in [2.45, 2.75) is 0 Å². The predicted octanol–water partition coefficient (Wildman–Crippen LogP) is 5.65. The van der Waals surface area contributed by atoms with Crippen molar-refractivity contribution in [1.29, 1.82) is 0 Å². The van der Waals surface area contributed by atoms with Crippen molar-refractivity contribution in [3.63, 3.8) is 0 Å². The summed E-state index contributed by atoms with van der Waals surface area (Å²) in [6.07, 6.45) is 1.56. The lowest BCUT2D eigenvalue weighted by Crippen LogP contribution is -2.22. The lowest BCUT2D eigenvalue weighted by atomic mass is 10.2. The normalized spacial score (nSPS) is 11.1. The lowest BCUT2D eigenvalue weighted by molar-refractivity contribution is 0.888. The van der Waals surface area contributed by atoms with E-state index in [1.807, 2.05) is 72.8 Å². The fourth-order valence-electron chi connectivity index (χ4n) is 3.38. The summed E-state index contributed by atoms with van der Waals surface area (Å²) in [6.45, 7) is 0. The van der Waals surface area contributed by atoms with Gasteiger partial charge in [0.25, 0.3) is 5.56 Å². The van der Waals surface area contributed by atoms with E-state index in [9.17, 15) is 4.79 Å². The molecule has 0 aliphatic carbocycles. The molecule has 5 aromatic rings. The van der Waals surface area contributed by atoms with Crippen LogP contribution in [-0.2, 0) is 0 Å². The number of nitrogens with zero attached hydrogens (tertiary/aromatic N) is 4. The van der Waals surface area contributed by atoms with Crippen molar-refractivity contribution in [3.05, 3.63) is 105 Å². The zero-order valence-electron chi connectivity index (χ0n) is 15.5. The van der Waals surface area contributed by atoms with Crippen LogP contribution in [0.3, 0.4) is 0 Å². The molecule has 0 aliphatic rings. The zero-order chi connectivity index (χ0) is 20.7. The van der Waals surface area contributed by atoms with Crippen molar-refractivity contribution < 1.29 is 0 Å². The van der Waals surface area contributed by atoms with E-state index < -0.39 is 0 Å². The minimum atomic E-state index is -0.209. The predicted molar refractivity (Wildman–Crippen MR) is 123 cm³/mol. The fraction of sp³-hybridized carbons (Fsp3) is 0. The lowest BCUT2D eigenvalue weighted by Gasteiger charge is -2.14. The Labute approximate surface area is 185 Å². The van der Waals surface area contributed by atoms with Crippen molar-refractivity contribution in [1.82, 2.24) is 19.3 Å². The Morgan fingerprint density at radius 3 is 2.27 bits per heavy atom. The molecule has 30 heavy (non-hydrogen) atoms. The van der Waals surface area contributed by atoms with E-state index in [-0.39, 0.29) is 5.56 Å². The molecule has 5 rings (SSSR count). The summed E-state index contributed by atoms with van der Waals surface area (Å²) in [7, 11) is 0. The molecule has 0 saturated carbocycles. The molecule has 0 fully saturated rings. The molecule has 5 nitrogen and oxygen atoms in total. The first-order chi connectivity index (χ1) is 14.6. The quantitative estimate of drug-likeness (QED) is 0.337. The first-order valence-corrected chi connectivity index (χ1v) is 10.4. The molecule has 0 aliphatic heterocycles. The summed E-state index contributed by atoms with van der Waals surface area (Å²) in [4.78, 5) is 18.4. The molecule has 0 radical (unpaired) electrons. The van der Waals surface area contributed by atoms with Gasteiger partial charge in [-0.2, -0.15) is 5.10 Å². The molecule has 0 spiro atoms. The van der Waals surface area contributed by atoms with Crippen molar-refractivity contribution in [3.8, 4) is 22.8 Å². The highest BCUT2D eigenvalue weighted by molar-refractivity contribution is 9.10. The van der Waals surface area contributed by atoms with Gasteiger partial charge in [-0.15, -0.1) is 0 Å². The molecule has 2 aromatic heterocycles. The molecular weight excluding hydrogens is 464 g/mol. The van der Waals surface area contributed by atoms with Gasteiger partial charge in [-0.25, -0.2) is 9.67 Å². The van der Waals surface area contributed by atoms with Gasteiger partial charge in [0.2, 0.25) is 0 Å². The largest absolute Gasteiger partial charge is 0.269 e. The number of hydrogen-bond acceptors (Lipinski definition) is 3. The van der Waals surface area contributed by atoms with Crippen LogP contribution >= 0.6 is 27.5 Å². The third-order valence-electron chi connectivity index (χ3n) is 4.80. The van der Waals surface area contributed by atoms with Crippen molar-refractivity contribution >= 4 is 38.6 Å². The van der Waals surface area contributed by atoms with E-state index in [1.54, 1.807) is 21.5 Å². The number of halogens is 2. The van der Waals surface area contributed by atoms with Gasteiger partial charge in [0.1, 0.15) is 5.39 Å². The Kier molecular flexibility index (Phi) is 4.73. The summed E-state index contributed by atoms with van der Waals surface area (Å²) >= 11 is 9.94. The van der Waals surface area contributed by atoms with Crippen LogP contribution in [0, 0.1) is 0 Å². The molecule has 3 aromatic carbocycles. The number of fused-ring (bicyclic) bond motifs is 1. The zero-order valence-corrected chi connectivity index (χ0v) is 17.9. The van der Waals surface area contributed by atoms with E-state index >= 15 is 0 Å². The SMILES string of the molecule is O=c1c2cnn(-c3ccccc3)c2nc(-c2ccccc2Cl)n1-c1ccc(Br)cc1. The summed E-state index contributed by atoms with van der Waals surface area (Å²) in [5.74, 6) is 0.457. The van der Waals surface area contributed by atoms with Gasteiger partial charge in [0, 0.05) is 10.0 Å². The van der Waals surface area contributed by atoms with Crippen LogP contribution in [0.1, 0.15) is 0 Å². The highest BCUT2D eigenvalue weighted by Crippen LogP contribution is 2.29. The number of rotatable bonds is 3. The maximum Gasteiger partial charge on any atom is 0.269 e. The third-order valence-corrected chi connectivity index (χ3v) is 5.66. The minimum Gasteiger partial charge on any atom is -0.268 e. The Hall–Kier alpha value is -3.22. The van der Waals surface area contributed by atoms with Gasteiger partial charge in [-0.3, -0.25) is 9.36 Å². The van der Waals surface area contributed by atoms with E-state index in [4.69, 9.17) is 16.6 Å². The van der Waals surface area contributed by atoms with E-state index in [0.29, 0.717) is 33.1 Å². The number of aromatic nitrogens is 4. The second-order valence-corrected chi connectivity index (χ2v) is 7.98. The van der Waals surface area contributed by atoms with Gasteiger partial charge < -0.3 is 0 Å². The molecule has 0 atom stereocenters. The smallest absolute Gasteiger partial charge is 0.268 e. The summed E-state index contributed by atoms with van der Waals surface area (Å²) in [5.41, 5.74) is 2.46. The van der Waals surface area contributed by atoms with Crippen LogP contribution < -0.4 is 5.56 Å². The molecular formula is C23H14BrClN4O. The number of para-hydroxylation sites is 1. The Bertz CT molecular complexity index is 1430. The van der Waals surface area contributed by atoms with Crippen LogP contribution in [0.25, 0.3) is 33.8 Å². The van der Waals surface area contributed by atoms with Crippen LogP contribution in [0.2, 0.25) is 5.02 Å². The Morgan fingerprint density at radius 1 is 0.833 bits per heavy atom. The molecule has 2 heterocycles. The van der Waals surface area contributed by atoms with E-state index in [2.05, 4.69) is 21.0 Å². The average Bonchev–Trinajstić information content (AvgIpc) is 3.20. The number of benzene rings is 3. The highest BCUT2D eigenvalue weighted by Gasteiger charge is 2.19. The van der Waals surface area contributed by atoms with Gasteiger partial charge >= 0.3 is 0 Å². The van der Waals surface area contributed by atoms with Gasteiger partial charge in [0.05, 0.1) is 22.6 Å². The van der Waals surface area contributed by atoms with Gasteiger partial charge in [-0.05, 0) is 48.5 Å². The summed E-state index contributed by atoms with van der Waals surface area (Å²) in [5, 5.41) is 5.38. The Balaban J connectivity index is 1.88. The number of hydrogen-bond donors (Lipinski definition) is 0. The standard InChI is InChI=1S/C23H14BrClN4O/c24-15-10-12-16(13-11-15)28-21(18-8-4-5-9-20(18)25)27-22-19(23(28)30)14-26-29(22)17-6-2-1-3-7-17/h1-14H. The van der Waals surface area contributed by atoms with Crippen LogP contribution in [0.5, 0.6) is 0 Å². The molecule has 146 valence electrons. The first-order valence-electron chi connectivity index (χ1n) is 9.20. The van der Waals surface area contributed by atoms with Gasteiger partial charge in [-0.1, -0.05) is 57.9 Å². The highest BCUT2D eigenvalue weighted by atomic mass is 79.9. The molecule has 7 heteroatoms. The molecule has 0 unspecified atom stereocenters. The second-order valence-electron chi connectivity index (χ2n) is 6.66. The maximum absolute atomic E-state index is 13.6. The second kappa shape index (κ2) is 7.55. The third kappa shape index (κ3) is 3.14. The van der Waals surface area contributed by atoms with E-state index in [0.717, 1.165) is 10.2 Å². The Morgan fingerprint density at radius 2 is 1.53 bits per heavy atom. The topological polar surface area (TPSA) is 52.7 Å². The van der Waals surface area contributed by atoms with Crippen LogP contribution in [0.4, 0.5) is 0 Å². The average molecular weight is 478 g/mol. The molecule has 0 amide bonds.